The molecule has 202 valence electrons. The second kappa shape index (κ2) is 10.8. The summed E-state index contributed by atoms with van der Waals surface area (Å²) in [6.07, 6.45) is -2.43. The van der Waals surface area contributed by atoms with Gasteiger partial charge < -0.3 is 29.7 Å². The van der Waals surface area contributed by atoms with E-state index < -0.39 is 43.2 Å². The molecular formula is C21H35FN7O5PS. The average Bonchev–Trinajstić information content (AvgIpc) is 3.27. The predicted octanol–water partition coefficient (Wildman–Crippen LogP) is 1.55. The number of imidazole rings is 1. The predicted molar refractivity (Wildman–Crippen MR) is 138 cm³/mol. The molecule has 15 heteroatoms. The first-order valence-electron chi connectivity index (χ1n) is 11.4. The Bertz CT molecular complexity index is 1130. The van der Waals surface area contributed by atoms with E-state index in [1.165, 1.54) is 17.8 Å². The minimum absolute atomic E-state index is 0.00786. The van der Waals surface area contributed by atoms with Gasteiger partial charge in [0.2, 0.25) is 5.95 Å². The standard InChI is InChI=1S/C21H35FN7O5PS/c1-11(17(31)32-9-20(2,3)4)27-35(36)33-8-12-14(30)21(5,22)18(34-12)29-10-24-13-15(28(6)7)25-19(23)26-16(13)29/h10-12,14,18,30,35H,8-9H2,1-7H3,(H,27,36)(H2,23,25,26)/t11-,12+,14+,18+,21+/m0/s1. The molecule has 4 N–H and O–H groups in total. The summed E-state index contributed by atoms with van der Waals surface area (Å²) < 4.78 is 33.9. The SMILES string of the molecule is C[C@H](N[PH](=S)OC[C@H]1O[C@@H](n2cnc3c(N(C)C)nc(N)nc32)[C@](C)(F)[C@@H]1O)C(=O)OCC(C)(C)C. The zero-order chi connectivity index (χ0) is 27.0. The zero-order valence-electron chi connectivity index (χ0n) is 21.5. The molecule has 3 heterocycles. The van der Waals surface area contributed by atoms with Crippen molar-refractivity contribution < 1.29 is 28.3 Å². The molecular weight excluding hydrogens is 512 g/mol. The number of nitrogens with one attached hydrogen (secondary N) is 1. The van der Waals surface area contributed by atoms with E-state index in [1.807, 2.05) is 20.8 Å². The van der Waals surface area contributed by atoms with Crippen LogP contribution in [0.2, 0.25) is 0 Å². The molecule has 0 saturated carbocycles. The fourth-order valence-corrected chi connectivity index (χ4v) is 5.20. The van der Waals surface area contributed by atoms with E-state index in [0.717, 1.165) is 0 Å². The van der Waals surface area contributed by atoms with E-state index in [2.05, 4.69) is 20.0 Å². The molecule has 12 nitrogen and oxygen atoms in total. The van der Waals surface area contributed by atoms with Gasteiger partial charge in [0.05, 0.1) is 19.5 Å². The maximum absolute atomic E-state index is 15.7. The Morgan fingerprint density at radius 3 is 2.75 bits per heavy atom. The van der Waals surface area contributed by atoms with Crippen LogP contribution < -0.4 is 15.7 Å². The highest BCUT2D eigenvalue weighted by Crippen LogP contribution is 2.43. The summed E-state index contributed by atoms with van der Waals surface area (Å²) in [5.74, 6) is 0.0149. The Hall–Kier alpha value is -1.96. The van der Waals surface area contributed by atoms with Crippen LogP contribution in [0.25, 0.3) is 11.2 Å². The van der Waals surface area contributed by atoms with E-state index in [9.17, 15) is 9.90 Å². The van der Waals surface area contributed by atoms with E-state index in [4.69, 9.17) is 31.5 Å². The second-order valence-electron chi connectivity index (χ2n) is 10.4. The van der Waals surface area contributed by atoms with Gasteiger partial charge in [0, 0.05) is 14.1 Å². The number of aliphatic hydroxyl groups is 1. The normalized spacial score (nSPS) is 26.2. The van der Waals surface area contributed by atoms with Crippen LogP contribution in [0, 0.1) is 5.41 Å². The number of nitrogens with two attached hydrogens (primary N) is 1. The molecule has 0 aromatic carbocycles. The largest absolute Gasteiger partial charge is 0.464 e. The number of rotatable bonds is 9. The van der Waals surface area contributed by atoms with Gasteiger partial charge in [-0.05, 0) is 19.3 Å². The number of aromatic nitrogens is 4. The third-order valence-electron chi connectivity index (χ3n) is 5.53. The van der Waals surface area contributed by atoms with Crippen LogP contribution in [0.5, 0.6) is 0 Å². The van der Waals surface area contributed by atoms with Crippen molar-refractivity contribution in [2.75, 3.05) is 37.9 Å². The first kappa shape index (κ1) is 28.6. The van der Waals surface area contributed by atoms with Gasteiger partial charge in [0.1, 0.15) is 25.3 Å². The van der Waals surface area contributed by atoms with Crippen LogP contribution in [0.15, 0.2) is 6.33 Å². The van der Waals surface area contributed by atoms with Crippen molar-refractivity contribution in [1.29, 1.82) is 0 Å². The first-order valence-corrected chi connectivity index (χ1v) is 14.0. The second-order valence-corrected chi connectivity index (χ2v) is 12.6. The van der Waals surface area contributed by atoms with Crippen molar-refractivity contribution in [3.63, 3.8) is 0 Å². The van der Waals surface area contributed by atoms with E-state index >= 15 is 4.39 Å². The van der Waals surface area contributed by atoms with Crippen molar-refractivity contribution in [1.82, 2.24) is 24.6 Å². The number of carbonyl (C=O) groups excluding carboxylic acids is 1. The third-order valence-corrected chi connectivity index (χ3v) is 7.33. The van der Waals surface area contributed by atoms with Crippen LogP contribution in [-0.2, 0) is 30.6 Å². The maximum atomic E-state index is 15.7. The number of alkyl halides is 1. The van der Waals surface area contributed by atoms with Gasteiger partial charge in [-0.1, -0.05) is 32.6 Å². The highest BCUT2D eigenvalue weighted by molar-refractivity contribution is 8.02. The molecule has 1 aliphatic rings. The molecule has 2 aromatic rings. The summed E-state index contributed by atoms with van der Waals surface area (Å²) in [5, 5.41) is 13.6. The molecule has 0 amide bonds. The lowest BCUT2D eigenvalue weighted by Crippen LogP contribution is -2.40. The summed E-state index contributed by atoms with van der Waals surface area (Å²) in [7, 11) is 1.45. The van der Waals surface area contributed by atoms with E-state index in [1.54, 1.807) is 25.9 Å². The number of nitrogens with zero attached hydrogens (tertiary/aromatic N) is 5. The Morgan fingerprint density at radius 1 is 1.47 bits per heavy atom. The molecule has 0 spiro atoms. The molecule has 0 aliphatic carbocycles. The van der Waals surface area contributed by atoms with Gasteiger partial charge in [0.15, 0.2) is 28.9 Å². The van der Waals surface area contributed by atoms with Crippen LogP contribution in [0.1, 0.15) is 40.8 Å². The van der Waals surface area contributed by atoms with E-state index in [-0.39, 0.29) is 30.2 Å². The number of hydrogen-bond donors (Lipinski definition) is 3. The molecule has 1 unspecified atom stereocenters. The number of esters is 1. The first-order chi connectivity index (χ1) is 16.6. The van der Waals surface area contributed by atoms with Crippen molar-refractivity contribution >= 4 is 47.8 Å². The zero-order valence-corrected chi connectivity index (χ0v) is 23.3. The minimum atomic E-state index is -2.20. The number of nitrogen functional groups attached to an aromatic ring is 1. The van der Waals surface area contributed by atoms with Crippen LogP contribution in [0.3, 0.4) is 0 Å². The van der Waals surface area contributed by atoms with Gasteiger partial charge in [-0.15, -0.1) is 0 Å². The van der Waals surface area contributed by atoms with Crippen molar-refractivity contribution in [2.45, 2.75) is 64.8 Å². The number of fused-ring (bicyclic) bond motifs is 1. The van der Waals surface area contributed by atoms with Crippen LogP contribution >= 0.6 is 7.07 Å². The molecule has 3 rings (SSSR count). The summed E-state index contributed by atoms with van der Waals surface area (Å²) in [6, 6.07) is -0.680. The smallest absolute Gasteiger partial charge is 0.323 e. The van der Waals surface area contributed by atoms with Crippen molar-refractivity contribution in [3.05, 3.63) is 6.33 Å². The molecule has 1 aliphatic heterocycles. The number of carbonyl (C=O) groups is 1. The highest BCUT2D eigenvalue weighted by Gasteiger charge is 2.55. The molecule has 2 aromatic heterocycles. The molecule has 0 bridgehead atoms. The molecule has 1 fully saturated rings. The Kier molecular flexibility index (Phi) is 8.58. The van der Waals surface area contributed by atoms with Crippen molar-refractivity contribution in [3.8, 4) is 0 Å². The van der Waals surface area contributed by atoms with Gasteiger partial charge >= 0.3 is 5.97 Å². The monoisotopic (exact) mass is 547 g/mol. The van der Waals surface area contributed by atoms with Gasteiger partial charge in [-0.3, -0.25) is 14.4 Å². The molecule has 1 saturated heterocycles. The van der Waals surface area contributed by atoms with Crippen LogP contribution in [-0.4, -0.2) is 81.8 Å². The number of halogens is 1. The topological polar surface area (TPSA) is 150 Å². The Balaban J connectivity index is 1.67. The highest BCUT2D eigenvalue weighted by atomic mass is 32.4. The number of aliphatic hydroxyl groups excluding tert-OH is 1. The Labute approximate surface area is 215 Å². The summed E-state index contributed by atoms with van der Waals surface area (Å²) >= 11 is 5.33. The summed E-state index contributed by atoms with van der Waals surface area (Å²) in [4.78, 5) is 26.6. The lowest BCUT2D eigenvalue weighted by atomic mass is 9.98. The summed E-state index contributed by atoms with van der Waals surface area (Å²) in [5.41, 5.74) is 4.17. The van der Waals surface area contributed by atoms with Crippen molar-refractivity contribution in [2.24, 2.45) is 5.41 Å². The van der Waals surface area contributed by atoms with Gasteiger partial charge in [-0.2, -0.15) is 9.97 Å². The van der Waals surface area contributed by atoms with Gasteiger partial charge in [-0.25, -0.2) is 9.37 Å². The maximum Gasteiger partial charge on any atom is 0.323 e. The Morgan fingerprint density at radius 2 is 2.14 bits per heavy atom. The lowest BCUT2D eigenvalue weighted by molar-refractivity contribution is -0.147. The fraction of sp³-hybridized carbons (Fsp3) is 0.714. The quantitative estimate of drug-likeness (QED) is 0.309. The molecule has 6 atom stereocenters. The lowest BCUT2D eigenvalue weighted by Gasteiger charge is -2.24. The molecule has 36 heavy (non-hydrogen) atoms. The third kappa shape index (κ3) is 6.29. The fourth-order valence-electron chi connectivity index (χ4n) is 3.60. The number of ether oxygens (including phenoxy) is 2. The summed E-state index contributed by atoms with van der Waals surface area (Å²) in [6.45, 7) is 8.82. The number of hydrogen-bond acceptors (Lipinski definition) is 11. The minimum Gasteiger partial charge on any atom is -0.464 e. The average molecular weight is 548 g/mol. The van der Waals surface area contributed by atoms with Gasteiger partial charge in [0.25, 0.3) is 0 Å². The van der Waals surface area contributed by atoms with E-state index in [0.29, 0.717) is 11.3 Å². The number of anilines is 2. The van der Waals surface area contributed by atoms with Crippen LogP contribution in [0.4, 0.5) is 16.2 Å². The molecule has 0 radical (unpaired) electrons.